The van der Waals surface area contributed by atoms with Crippen molar-refractivity contribution in [3.63, 3.8) is 0 Å². The number of allylic oxidation sites excluding steroid dienone is 1. The number of carbonyl (C=O) groups is 1. The number of rotatable bonds is 2. The number of hydrogen-bond acceptors (Lipinski definition) is 3. The lowest BCUT2D eigenvalue weighted by atomic mass is 9.66. The van der Waals surface area contributed by atoms with Crippen LogP contribution in [0.2, 0.25) is 0 Å². The predicted molar refractivity (Wildman–Crippen MR) is 97.6 cm³/mol. The van der Waals surface area contributed by atoms with Gasteiger partial charge in [-0.05, 0) is 49.8 Å². The summed E-state index contributed by atoms with van der Waals surface area (Å²) in [4.78, 5) is 11.5. The molecule has 1 aromatic carbocycles. The Morgan fingerprint density at radius 1 is 1.32 bits per heavy atom. The first-order chi connectivity index (χ1) is 11.5. The summed E-state index contributed by atoms with van der Waals surface area (Å²) in [6, 6.07) is 4.19. The predicted octanol–water partition coefficient (Wildman–Crippen LogP) is 4.67. The van der Waals surface area contributed by atoms with E-state index in [4.69, 9.17) is 9.47 Å². The number of fused-ring (bicyclic) bond motifs is 3. The fourth-order valence-electron chi connectivity index (χ4n) is 4.15. The summed E-state index contributed by atoms with van der Waals surface area (Å²) < 4.78 is 12.1. The van der Waals surface area contributed by atoms with Crippen LogP contribution in [0.4, 0.5) is 0 Å². The third-order valence-corrected chi connectivity index (χ3v) is 5.65. The highest BCUT2D eigenvalue weighted by Gasteiger charge is 2.47. The molecule has 1 aromatic rings. The Morgan fingerprint density at radius 2 is 2.00 bits per heavy atom. The highest BCUT2D eigenvalue weighted by molar-refractivity contribution is 5.87. The minimum Gasteiger partial charge on any atom is -0.496 e. The van der Waals surface area contributed by atoms with E-state index >= 15 is 0 Å². The lowest BCUT2D eigenvalue weighted by Crippen LogP contribution is -2.46. The van der Waals surface area contributed by atoms with Crippen molar-refractivity contribution in [2.45, 2.75) is 64.4 Å². The van der Waals surface area contributed by atoms with Gasteiger partial charge in [0.15, 0.2) is 0 Å². The van der Waals surface area contributed by atoms with Crippen molar-refractivity contribution in [3.8, 4) is 11.5 Å². The lowest BCUT2D eigenvalue weighted by Gasteiger charge is -2.47. The van der Waals surface area contributed by atoms with Gasteiger partial charge >= 0.3 is 5.97 Å². The zero-order valence-electron chi connectivity index (χ0n) is 16.0. The molecular weight excluding hydrogens is 316 g/mol. The van der Waals surface area contributed by atoms with Crippen LogP contribution in [0.15, 0.2) is 23.8 Å². The van der Waals surface area contributed by atoms with E-state index in [1.54, 1.807) is 7.11 Å². The van der Waals surface area contributed by atoms with Gasteiger partial charge in [0, 0.05) is 23.0 Å². The molecule has 1 N–H and O–H groups in total. The molecule has 0 radical (unpaired) electrons. The second-order valence-electron chi connectivity index (χ2n) is 8.73. The molecule has 2 atom stereocenters. The summed E-state index contributed by atoms with van der Waals surface area (Å²) in [5.74, 6) is 1.15. The molecule has 0 fully saturated rings. The standard InChI is InChI=1S/C21H28O4/c1-20(2,3)13-10-16(24-6)18-14-9-12(19(22)23)7-8-15(14)21(4,5)25-17(18)11-13/h7,10-11,14-15H,8-9H2,1-6H3,(H,22,23). The molecule has 1 aliphatic heterocycles. The van der Waals surface area contributed by atoms with Crippen molar-refractivity contribution >= 4 is 5.97 Å². The van der Waals surface area contributed by atoms with Crippen molar-refractivity contribution in [2.24, 2.45) is 5.92 Å². The summed E-state index contributed by atoms with van der Waals surface area (Å²) >= 11 is 0. The van der Waals surface area contributed by atoms with Crippen LogP contribution in [0.5, 0.6) is 11.5 Å². The van der Waals surface area contributed by atoms with Gasteiger partial charge in [-0.3, -0.25) is 0 Å². The Kier molecular flexibility index (Phi) is 4.13. The van der Waals surface area contributed by atoms with Crippen LogP contribution >= 0.6 is 0 Å². The number of ether oxygens (including phenoxy) is 2. The molecule has 0 amide bonds. The molecule has 0 saturated carbocycles. The molecule has 136 valence electrons. The Balaban J connectivity index is 2.17. The molecule has 3 rings (SSSR count). The van der Waals surface area contributed by atoms with Gasteiger partial charge < -0.3 is 14.6 Å². The Labute approximate surface area is 149 Å². The van der Waals surface area contributed by atoms with Gasteiger partial charge in [0.1, 0.15) is 17.1 Å². The van der Waals surface area contributed by atoms with Crippen molar-refractivity contribution in [2.75, 3.05) is 7.11 Å². The SMILES string of the molecule is COc1cc(C(C)(C)C)cc2c1C1CC(C(=O)O)=CCC1C(C)(C)O2. The van der Waals surface area contributed by atoms with E-state index in [0.717, 1.165) is 22.6 Å². The highest BCUT2D eigenvalue weighted by Crippen LogP contribution is 2.55. The number of carboxylic acid groups (broad SMARTS) is 1. The molecule has 0 bridgehead atoms. The Bertz CT molecular complexity index is 737. The fraction of sp³-hybridized carbons (Fsp3) is 0.571. The van der Waals surface area contributed by atoms with E-state index in [1.165, 1.54) is 0 Å². The van der Waals surface area contributed by atoms with Crippen LogP contribution in [0.25, 0.3) is 0 Å². The van der Waals surface area contributed by atoms with Gasteiger partial charge in [-0.25, -0.2) is 4.79 Å². The summed E-state index contributed by atoms with van der Waals surface area (Å²) in [7, 11) is 1.67. The summed E-state index contributed by atoms with van der Waals surface area (Å²) in [6.45, 7) is 10.7. The van der Waals surface area contributed by atoms with Crippen molar-refractivity contribution < 1.29 is 19.4 Å². The van der Waals surface area contributed by atoms with E-state index in [0.29, 0.717) is 18.4 Å². The van der Waals surface area contributed by atoms with Crippen LogP contribution in [-0.4, -0.2) is 23.8 Å². The largest absolute Gasteiger partial charge is 0.496 e. The van der Waals surface area contributed by atoms with Crippen LogP contribution in [0.1, 0.15) is 64.5 Å². The van der Waals surface area contributed by atoms with Crippen LogP contribution in [-0.2, 0) is 10.2 Å². The van der Waals surface area contributed by atoms with Crippen LogP contribution < -0.4 is 9.47 Å². The smallest absolute Gasteiger partial charge is 0.331 e. The van der Waals surface area contributed by atoms with Gasteiger partial charge in [0.25, 0.3) is 0 Å². The highest BCUT2D eigenvalue weighted by atomic mass is 16.5. The van der Waals surface area contributed by atoms with E-state index in [1.807, 2.05) is 6.08 Å². The number of benzene rings is 1. The van der Waals surface area contributed by atoms with Crippen molar-refractivity contribution in [3.05, 3.63) is 34.9 Å². The molecule has 25 heavy (non-hydrogen) atoms. The summed E-state index contributed by atoms with van der Waals surface area (Å²) in [6.07, 6.45) is 3.09. The van der Waals surface area contributed by atoms with Crippen LogP contribution in [0, 0.1) is 5.92 Å². The third kappa shape index (κ3) is 3.03. The zero-order chi connectivity index (χ0) is 18.6. The minimum absolute atomic E-state index is 0.0225. The number of hydrogen-bond donors (Lipinski definition) is 1. The van der Waals surface area contributed by atoms with E-state index in [-0.39, 0.29) is 22.9 Å². The quantitative estimate of drug-likeness (QED) is 0.847. The molecule has 0 spiro atoms. The fourth-order valence-corrected chi connectivity index (χ4v) is 4.15. The molecule has 1 heterocycles. The minimum atomic E-state index is -0.824. The van der Waals surface area contributed by atoms with Crippen molar-refractivity contribution in [1.82, 2.24) is 0 Å². The third-order valence-electron chi connectivity index (χ3n) is 5.65. The molecule has 2 aliphatic rings. The van der Waals surface area contributed by atoms with Gasteiger partial charge in [-0.2, -0.15) is 0 Å². The van der Waals surface area contributed by atoms with Gasteiger partial charge in [-0.15, -0.1) is 0 Å². The molecule has 0 saturated heterocycles. The van der Waals surface area contributed by atoms with Gasteiger partial charge in [0.2, 0.25) is 0 Å². The molecule has 2 unspecified atom stereocenters. The lowest BCUT2D eigenvalue weighted by molar-refractivity contribution is -0.133. The average Bonchev–Trinajstić information content (AvgIpc) is 2.51. The first-order valence-corrected chi connectivity index (χ1v) is 8.88. The Hall–Kier alpha value is -1.97. The maximum absolute atomic E-state index is 11.5. The van der Waals surface area contributed by atoms with Crippen molar-refractivity contribution in [1.29, 1.82) is 0 Å². The first-order valence-electron chi connectivity index (χ1n) is 8.88. The number of aliphatic carboxylic acids is 1. The molecule has 1 aliphatic carbocycles. The topological polar surface area (TPSA) is 55.8 Å². The summed E-state index contributed by atoms with van der Waals surface area (Å²) in [5, 5.41) is 9.45. The maximum Gasteiger partial charge on any atom is 0.331 e. The van der Waals surface area contributed by atoms with E-state index < -0.39 is 5.97 Å². The molecule has 0 aromatic heterocycles. The summed E-state index contributed by atoms with van der Waals surface area (Å²) in [5.41, 5.74) is 2.30. The van der Waals surface area contributed by atoms with E-state index in [9.17, 15) is 9.90 Å². The second kappa shape index (κ2) is 5.79. The van der Waals surface area contributed by atoms with Crippen LogP contribution in [0.3, 0.4) is 0 Å². The second-order valence-corrected chi connectivity index (χ2v) is 8.73. The number of methoxy groups -OCH3 is 1. The zero-order valence-corrected chi connectivity index (χ0v) is 16.0. The molecule has 4 heteroatoms. The Morgan fingerprint density at radius 3 is 2.56 bits per heavy atom. The maximum atomic E-state index is 11.5. The number of carboxylic acids is 1. The average molecular weight is 344 g/mol. The van der Waals surface area contributed by atoms with E-state index in [2.05, 4.69) is 46.8 Å². The van der Waals surface area contributed by atoms with Gasteiger partial charge in [-0.1, -0.05) is 26.8 Å². The molecule has 4 nitrogen and oxygen atoms in total. The first kappa shape index (κ1) is 17.8. The van der Waals surface area contributed by atoms with Gasteiger partial charge in [0.05, 0.1) is 7.11 Å². The molecular formula is C21H28O4. The monoisotopic (exact) mass is 344 g/mol. The normalized spacial score (nSPS) is 24.5.